The number of carbonyl (C=O) groups excluding carboxylic acids is 1. The molecular formula is C7H13N3O. The summed E-state index contributed by atoms with van der Waals surface area (Å²) in [5.74, 6) is 0.125. The van der Waals surface area contributed by atoms with E-state index >= 15 is 0 Å². The summed E-state index contributed by atoms with van der Waals surface area (Å²) in [6, 6.07) is -0.132. The largest absolute Gasteiger partial charge is 0.386 e. The third kappa shape index (κ3) is 1.50. The lowest BCUT2D eigenvalue weighted by atomic mass is 10.2. The Balaban J connectivity index is 2.65. The van der Waals surface area contributed by atoms with E-state index in [0.717, 1.165) is 19.4 Å². The van der Waals surface area contributed by atoms with Crippen molar-refractivity contribution in [2.75, 3.05) is 6.54 Å². The molecule has 11 heavy (non-hydrogen) atoms. The van der Waals surface area contributed by atoms with Gasteiger partial charge in [0.1, 0.15) is 5.84 Å². The Morgan fingerprint density at radius 1 is 1.73 bits per heavy atom. The van der Waals surface area contributed by atoms with E-state index in [0.29, 0.717) is 0 Å². The fourth-order valence-corrected chi connectivity index (χ4v) is 1.47. The summed E-state index contributed by atoms with van der Waals surface area (Å²) in [5.41, 5.74) is 5.32. The van der Waals surface area contributed by atoms with Gasteiger partial charge in [0.25, 0.3) is 0 Å². The third-order valence-electron chi connectivity index (χ3n) is 2.02. The molecule has 1 amide bonds. The summed E-state index contributed by atoms with van der Waals surface area (Å²) in [6.07, 6.45) is 1.80. The second-order valence-electron chi connectivity index (χ2n) is 2.83. The van der Waals surface area contributed by atoms with Crippen molar-refractivity contribution in [1.82, 2.24) is 4.90 Å². The molecule has 4 nitrogen and oxygen atoms in total. The maximum Gasteiger partial charge on any atom is 0.220 e. The lowest BCUT2D eigenvalue weighted by Crippen LogP contribution is -2.42. The van der Waals surface area contributed by atoms with E-state index in [1.807, 2.05) is 0 Å². The Bertz CT molecular complexity index is 170. The molecule has 62 valence electrons. The van der Waals surface area contributed by atoms with Crippen molar-refractivity contribution >= 4 is 11.7 Å². The average Bonchev–Trinajstić information content (AvgIpc) is 2.32. The van der Waals surface area contributed by atoms with Gasteiger partial charge in [-0.25, -0.2) is 0 Å². The summed E-state index contributed by atoms with van der Waals surface area (Å²) >= 11 is 0. The quantitative estimate of drug-likeness (QED) is 0.411. The van der Waals surface area contributed by atoms with Gasteiger partial charge in [0, 0.05) is 13.5 Å². The first-order chi connectivity index (χ1) is 5.13. The minimum atomic E-state index is -0.132. The van der Waals surface area contributed by atoms with Gasteiger partial charge in [-0.2, -0.15) is 0 Å². The summed E-state index contributed by atoms with van der Waals surface area (Å²) in [4.78, 5) is 12.6. The molecular weight excluding hydrogens is 142 g/mol. The van der Waals surface area contributed by atoms with Crippen molar-refractivity contribution in [1.29, 1.82) is 5.41 Å². The monoisotopic (exact) mass is 155 g/mol. The van der Waals surface area contributed by atoms with Crippen LogP contribution in [0.4, 0.5) is 0 Å². The van der Waals surface area contributed by atoms with Gasteiger partial charge in [0.2, 0.25) is 5.91 Å². The zero-order chi connectivity index (χ0) is 8.43. The Morgan fingerprint density at radius 3 is 2.73 bits per heavy atom. The van der Waals surface area contributed by atoms with Crippen LogP contribution in [-0.2, 0) is 4.79 Å². The SMILES string of the molecule is CC(=O)N1CCC[C@H]1C(=N)N. The Morgan fingerprint density at radius 2 is 2.36 bits per heavy atom. The van der Waals surface area contributed by atoms with Crippen LogP contribution in [0, 0.1) is 5.41 Å². The number of rotatable bonds is 1. The average molecular weight is 155 g/mol. The number of amides is 1. The number of nitrogens with zero attached hydrogens (tertiary/aromatic N) is 1. The first kappa shape index (κ1) is 8.04. The molecule has 1 aliphatic rings. The minimum absolute atomic E-state index is 0.0164. The van der Waals surface area contributed by atoms with E-state index in [9.17, 15) is 4.79 Å². The molecule has 1 atom stereocenters. The molecule has 0 bridgehead atoms. The predicted molar refractivity (Wildman–Crippen MR) is 42.3 cm³/mol. The number of hydrogen-bond donors (Lipinski definition) is 2. The molecule has 0 saturated carbocycles. The van der Waals surface area contributed by atoms with Crippen molar-refractivity contribution < 1.29 is 4.79 Å². The van der Waals surface area contributed by atoms with Crippen molar-refractivity contribution in [2.24, 2.45) is 5.73 Å². The minimum Gasteiger partial charge on any atom is -0.386 e. The highest BCUT2D eigenvalue weighted by molar-refractivity contribution is 5.88. The summed E-state index contributed by atoms with van der Waals surface area (Å²) in [5, 5.41) is 7.20. The molecule has 1 rings (SSSR count). The molecule has 0 aliphatic carbocycles. The van der Waals surface area contributed by atoms with Crippen molar-refractivity contribution in [3.8, 4) is 0 Å². The highest BCUT2D eigenvalue weighted by Crippen LogP contribution is 2.16. The fraction of sp³-hybridized carbons (Fsp3) is 0.714. The van der Waals surface area contributed by atoms with Crippen LogP contribution in [0.25, 0.3) is 0 Å². The van der Waals surface area contributed by atoms with E-state index in [-0.39, 0.29) is 17.8 Å². The Kier molecular flexibility index (Phi) is 2.12. The molecule has 3 N–H and O–H groups in total. The van der Waals surface area contributed by atoms with E-state index in [1.165, 1.54) is 6.92 Å². The Labute approximate surface area is 65.9 Å². The molecule has 1 aliphatic heterocycles. The molecule has 1 fully saturated rings. The summed E-state index contributed by atoms with van der Waals surface area (Å²) in [7, 11) is 0. The second-order valence-corrected chi connectivity index (χ2v) is 2.83. The molecule has 0 radical (unpaired) electrons. The topological polar surface area (TPSA) is 70.2 Å². The van der Waals surface area contributed by atoms with E-state index in [2.05, 4.69) is 0 Å². The zero-order valence-corrected chi connectivity index (χ0v) is 6.63. The van der Waals surface area contributed by atoms with Crippen LogP contribution in [-0.4, -0.2) is 29.2 Å². The number of nitrogens with two attached hydrogens (primary N) is 1. The van der Waals surface area contributed by atoms with Crippen molar-refractivity contribution in [2.45, 2.75) is 25.8 Å². The van der Waals surface area contributed by atoms with E-state index in [4.69, 9.17) is 11.1 Å². The molecule has 4 heteroatoms. The third-order valence-corrected chi connectivity index (χ3v) is 2.02. The van der Waals surface area contributed by atoms with Crippen LogP contribution in [0.15, 0.2) is 0 Å². The van der Waals surface area contributed by atoms with E-state index < -0.39 is 0 Å². The highest BCUT2D eigenvalue weighted by atomic mass is 16.2. The molecule has 0 aromatic rings. The van der Waals surface area contributed by atoms with Gasteiger partial charge in [-0.3, -0.25) is 10.2 Å². The fourth-order valence-electron chi connectivity index (χ4n) is 1.47. The van der Waals surface area contributed by atoms with Gasteiger partial charge >= 0.3 is 0 Å². The Hall–Kier alpha value is -1.06. The molecule has 0 unspecified atom stereocenters. The number of likely N-dealkylation sites (tertiary alicyclic amines) is 1. The van der Waals surface area contributed by atoms with Gasteiger partial charge < -0.3 is 10.6 Å². The van der Waals surface area contributed by atoms with Crippen molar-refractivity contribution in [3.05, 3.63) is 0 Å². The standard InChI is InChI=1S/C7H13N3O/c1-5(11)10-4-2-3-6(10)7(8)9/h6H,2-4H2,1H3,(H3,8,9)/t6-/m0/s1. The molecule has 0 spiro atoms. The normalized spacial score (nSPS) is 23.7. The highest BCUT2D eigenvalue weighted by Gasteiger charge is 2.28. The van der Waals surface area contributed by atoms with Crippen LogP contribution in [0.3, 0.4) is 0 Å². The number of hydrogen-bond acceptors (Lipinski definition) is 2. The molecule has 1 heterocycles. The first-order valence-electron chi connectivity index (χ1n) is 3.74. The summed E-state index contributed by atoms with van der Waals surface area (Å²) < 4.78 is 0. The summed E-state index contributed by atoms with van der Waals surface area (Å²) in [6.45, 7) is 2.26. The van der Waals surface area contributed by atoms with Crippen molar-refractivity contribution in [3.63, 3.8) is 0 Å². The zero-order valence-electron chi connectivity index (χ0n) is 6.63. The molecule has 0 aromatic heterocycles. The van der Waals surface area contributed by atoms with Crippen LogP contribution in [0.2, 0.25) is 0 Å². The van der Waals surface area contributed by atoms with Gasteiger partial charge in [0.15, 0.2) is 0 Å². The second kappa shape index (κ2) is 2.90. The number of nitrogens with one attached hydrogen (secondary N) is 1. The van der Waals surface area contributed by atoms with Crippen LogP contribution in [0.1, 0.15) is 19.8 Å². The molecule has 0 aromatic carbocycles. The lowest BCUT2D eigenvalue weighted by Gasteiger charge is -2.21. The van der Waals surface area contributed by atoms with Gasteiger partial charge in [-0.1, -0.05) is 0 Å². The lowest BCUT2D eigenvalue weighted by molar-refractivity contribution is -0.128. The van der Waals surface area contributed by atoms with Crippen LogP contribution < -0.4 is 5.73 Å². The van der Waals surface area contributed by atoms with Gasteiger partial charge in [0.05, 0.1) is 6.04 Å². The number of amidine groups is 1. The van der Waals surface area contributed by atoms with Crippen LogP contribution in [0.5, 0.6) is 0 Å². The van der Waals surface area contributed by atoms with Gasteiger partial charge in [-0.05, 0) is 12.8 Å². The predicted octanol–water partition coefficient (Wildman–Crippen LogP) is -0.0667. The number of carbonyl (C=O) groups is 1. The molecule has 1 saturated heterocycles. The van der Waals surface area contributed by atoms with E-state index in [1.54, 1.807) is 4.90 Å². The van der Waals surface area contributed by atoms with Gasteiger partial charge in [-0.15, -0.1) is 0 Å². The first-order valence-corrected chi connectivity index (χ1v) is 3.74. The maximum absolute atomic E-state index is 10.9. The maximum atomic E-state index is 10.9. The van der Waals surface area contributed by atoms with Crippen LogP contribution >= 0.6 is 0 Å². The smallest absolute Gasteiger partial charge is 0.220 e.